The maximum atomic E-state index is 2.62. The molecule has 4 bridgehead atoms. The number of fused-ring (bicyclic) bond motifs is 6. The highest BCUT2D eigenvalue weighted by atomic mass is 15.1. The molecular weight excluding hydrogens is 831 g/mol. The normalized spacial score (nSPS) is 21.7. The standard InChI is InChI=1S/C68H57N/c1-43-17-16-22-50(33-43)64-59(49-27-30-56-57-31-29-55(41-63(57)67(2,3)62(56)40-49)69(53-23-12-6-13-24-53)54-25-14-7-15-26-54)42-58(47-20-10-5-11-21-47)65-60-39-48(46-18-8-4-9-19-46)28-32-61(60)68(66(64)65)51-35-44-34-45(37-51)38-52(68)36-44/h4-33,39-42,44-45,51-52H,34-38H2,1-3H3. The predicted octanol–water partition coefficient (Wildman–Crippen LogP) is 18.2. The molecule has 15 rings (SSSR count). The zero-order chi connectivity index (χ0) is 46.0. The van der Waals surface area contributed by atoms with Crippen molar-refractivity contribution < 1.29 is 0 Å². The number of rotatable bonds is 7. The van der Waals surface area contributed by atoms with E-state index in [1.54, 1.807) is 11.1 Å². The van der Waals surface area contributed by atoms with Gasteiger partial charge in [-0.3, -0.25) is 0 Å². The highest BCUT2D eigenvalue weighted by Gasteiger charge is 2.63. The summed E-state index contributed by atoms with van der Waals surface area (Å²) in [6.07, 6.45) is 6.78. The van der Waals surface area contributed by atoms with Crippen LogP contribution in [0.4, 0.5) is 17.1 Å². The second-order valence-electron chi connectivity index (χ2n) is 21.8. The number of hydrogen-bond donors (Lipinski definition) is 0. The molecule has 9 aromatic rings. The fourth-order valence-electron chi connectivity index (χ4n) is 15.0. The van der Waals surface area contributed by atoms with Crippen LogP contribution in [0.15, 0.2) is 206 Å². The van der Waals surface area contributed by atoms with Gasteiger partial charge in [-0.05, 0) is 206 Å². The lowest BCUT2D eigenvalue weighted by atomic mass is 9.42. The molecule has 4 fully saturated rings. The summed E-state index contributed by atoms with van der Waals surface area (Å²) in [7, 11) is 0. The molecule has 0 unspecified atom stereocenters. The summed E-state index contributed by atoms with van der Waals surface area (Å²) in [5.74, 6) is 2.93. The lowest BCUT2D eigenvalue weighted by molar-refractivity contribution is -0.0397. The molecule has 6 aliphatic carbocycles. The van der Waals surface area contributed by atoms with E-state index in [-0.39, 0.29) is 10.8 Å². The Morgan fingerprint density at radius 1 is 0.362 bits per heavy atom. The number of anilines is 3. The Bertz CT molecular complexity index is 3410. The van der Waals surface area contributed by atoms with Gasteiger partial charge in [0.15, 0.2) is 0 Å². The van der Waals surface area contributed by atoms with Crippen LogP contribution in [0.3, 0.4) is 0 Å². The van der Waals surface area contributed by atoms with Crippen molar-refractivity contribution in [3.63, 3.8) is 0 Å². The summed E-state index contributed by atoms with van der Waals surface area (Å²) in [6.45, 7) is 7.18. The third kappa shape index (κ3) is 6.08. The molecule has 0 saturated heterocycles. The van der Waals surface area contributed by atoms with Crippen LogP contribution in [0, 0.1) is 30.6 Å². The number of hydrogen-bond acceptors (Lipinski definition) is 1. The minimum absolute atomic E-state index is 0.0576. The smallest absolute Gasteiger partial charge is 0.0465 e. The van der Waals surface area contributed by atoms with Crippen LogP contribution in [0.2, 0.25) is 0 Å². The molecule has 0 aromatic heterocycles. The first-order chi connectivity index (χ1) is 33.8. The van der Waals surface area contributed by atoms with Gasteiger partial charge in [0.25, 0.3) is 0 Å². The minimum atomic E-state index is -0.231. The molecule has 1 spiro atoms. The Balaban J connectivity index is 1.02. The van der Waals surface area contributed by atoms with Crippen molar-refractivity contribution in [1.29, 1.82) is 0 Å². The molecule has 1 nitrogen and oxygen atoms in total. The van der Waals surface area contributed by atoms with Gasteiger partial charge in [-0.1, -0.05) is 171 Å². The van der Waals surface area contributed by atoms with E-state index in [0.717, 1.165) is 23.2 Å². The highest BCUT2D eigenvalue weighted by Crippen LogP contribution is 2.72. The van der Waals surface area contributed by atoms with Crippen molar-refractivity contribution >= 4 is 17.1 Å². The van der Waals surface area contributed by atoms with Crippen molar-refractivity contribution in [2.45, 2.75) is 63.7 Å². The minimum Gasteiger partial charge on any atom is -0.310 e. The molecule has 0 radical (unpaired) electrons. The Morgan fingerprint density at radius 2 is 0.913 bits per heavy atom. The number of para-hydroxylation sites is 2. The fourth-order valence-corrected chi connectivity index (χ4v) is 15.0. The first-order valence-electron chi connectivity index (χ1n) is 25.6. The van der Waals surface area contributed by atoms with Gasteiger partial charge < -0.3 is 4.90 Å². The van der Waals surface area contributed by atoms with Crippen LogP contribution in [0.5, 0.6) is 0 Å². The third-order valence-corrected chi connectivity index (χ3v) is 17.7. The van der Waals surface area contributed by atoms with E-state index >= 15 is 0 Å². The highest BCUT2D eigenvalue weighted by molar-refractivity contribution is 6.04. The Morgan fingerprint density at radius 3 is 1.55 bits per heavy atom. The van der Waals surface area contributed by atoms with Crippen LogP contribution in [0.25, 0.3) is 66.8 Å². The fraction of sp³-hybridized carbons (Fsp3) is 0.206. The quantitative estimate of drug-likeness (QED) is 0.154. The summed E-state index contributed by atoms with van der Waals surface area (Å²) < 4.78 is 0. The van der Waals surface area contributed by atoms with E-state index in [9.17, 15) is 0 Å². The van der Waals surface area contributed by atoms with Crippen molar-refractivity contribution in [2.24, 2.45) is 23.7 Å². The molecule has 0 N–H and O–H groups in total. The van der Waals surface area contributed by atoms with E-state index in [0.29, 0.717) is 11.8 Å². The van der Waals surface area contributed by atoms with Crippen LogP contribution in [-0.4, -0.2) is 0 Å². The first kappa shape index (κ1) is 40.8. The average molecular weight is 888 g/mol. The van der Waals surface area contributed by atoms with E-state index < -0.39 is 0 Å². The van der Waals surface area contributed by atoms with Crippen molar-refractivity contribution in [1.82, 2.24) is 0 Å². The zero-order valence-corrected chi connectivity index (χ0v) is 39.9. The molecule has 0 atom stereocenters. The summed E-state index contributed by atoms with van der Waals surface area (Å²) in [4.78, 5) is 2.40. The summed E-state index contributed by atoms with van der Waals surface area (Å²) in [6, 6.07) is 78.6. The van der Waals surface area contributed by atoms with Crippen molar-refractivity contribution in [2.75, 3.05) is 4.90 Å². The van der Waals surface area contributed by atoms with Gasteiger partial charge in [-0.2, -0.15) is 0 Å². The van der Waals surface area contributed by atoms with Crippen molar-refractivity contribution in [3.8, 4) is 66.8 Å². The number of benzene rings is 9. The van der Waals surface area contributed by atoms with E-state index in [2.05, 4.69) is 232 Å². The predicted molar refractivity (Wildman–Crippen MR) is 288 cm³/mol. The second kappa shape index (κ2) is 15.4. The van der Waals surface area contributed by atoms with Gasteiger partial charge in [-0.25, -0.2) is 0 Å². The second-order valence-corrected chi connectivity index (χ2v) is 21.8. The molecular formula is C68H57N. The molecule has 0 aliphatic heterocycles. The van der Waals surface area contributed by atoms with Gasteiger partial charge in [-0.15, -0.1) is 0 Å². The summed E-state index contributed by atoms with van der Waals surface area (Å²) in [5, 5.41) is 0. The SMILES string of the molecule is Cc1cccc(-c2c(-c3ccc4c(c3)C(C)(C)c3cc(N(c5ccccc5)c5ccccc5)ccc3-4)cc(-c3ccccc3)c3c2C2(c4ccc(-c5ccccc5)cc4-3)C3CC4CC(C3)CC2C4)c1. The molecule has 1 heteroatoms. The maximum absolute atomic E-state index is 2.62. The van der Waals surface area contributed by atoms with Crippen molar-refractivity contribution in [3.05, 3.63) is 234 Å². The molecule has 4 saturated carbocycles. The third-order valence-electron chi connectivity index (χ3n) is 17.7. The van der Waals surface area contributed by atoms with Gasteiger partial charge in [0.05, 0.1) is 0 Å². The van der Waals surface area contributed by atoms with Gasteiger partial charge in [0.1, 0.15) is 0 Å². The number of nitrogens with zero attached hydrogens (tertiary/aromatic N) is 1. The van der Waals surface area contributed by atoms with Gasteiger partial charge in [0.2, 0.25) is 0 Å². The molecule has 0 amide bonds. The largest absolute Gasteiger partial charge is 0.310 e. The van der Waals surface area contributed by atoms with Crippen LogP contribution >= 0.6 is 0 Å². The first-order valence-corrected chi connectivity index (χ1v) is 25.6. The lowest BCUT2D eigenvalue weighted by Gasteiger charge is -2.61. The Kier molecular flexibility index (Phi) is 9.11. The Labute approximate surface area is 408 Å². The van der Waals surface area contributed by atoms with Crippen LogP contribution in [0.1, 0.15) is 73.8 Å². The van der Waals surface area contributed by atoms with Gasteiger partial charge in [0, 0.05) is 27.9 Å². The molecule has 69 heavy (non-hydrogen) atoms. The topological polar surface area (TPSA) is 3.24 Å². The van der Waals surface area contributed by atoms with E-state index in [4.69, 9.17) is 0 Å². The average Bonchev–Trinajstić information content (AvgIpc) is 3.81. The van der Waals surface area contributed by atoms with Crippen LogP contribution in [-0.2, 0) is 10.8 Å². The molecule has 0 heterocycles. The van der Waals surface area contributed by atoms with E-state index in [1.165, 1.54) is 121 Å². The lowest BCUT2D eigenvalue weighted by Crippen LogP contribution is -2.55. The van der Waals surface area contributed by atoms with E-state index in [1.807, 2.05) is 0 Å². The number of aryl methyl sites for hydroxylation is 1. The maximum Gasteiger partial charge on any atom is 0.0465 e. The zero-order valence-electron chi connectivity index (χ0n) is 39.9. The molecule has 334 valence electrons. The molecule has 9 aromatic carbocycles. The molecule has 6 aliphatic rings. The van der Waals surface area contributed by atoms with Gasteiger partial charge >= 0.3 is 0 Å². The summed E-state index contributed by atoms with van der Waals surface area (Å²) in [5.41, 5.74) is 26.8. The Hall–Kier alpha value is -7.22. The summed E-state index contributed by atoms with van der Waals surface area (Å²) >= 11 is 0. The van der Waals surface area contributed by atoms with Crippen LogP contribution < -0.4 is 4.90 Å². The monoisotopic (exact) mass is 887 g/mol.